The Labute approximate surface area is 107 Å². The first-order chi connectivity index (χ1) is 8.11. The molecule has 1 heterocycles. The van der Waals surface area contributed by atoms with E-state index in [0.29, 0.717) is 0 Å². The summed E-state index contributed by atoms with van der Waals surface area (Å²) >= 11 is 0. The molecule has 3 atom stereocenters. The second-order valence-electron chi connectivity index (χ2n) is 5.62. The van der Waals surface area contributed by atoms with Crippen LogP contribution in [0, 0.1) is 0 Å². The number of carbonyl (C=O) groups is 2. The van der Waals surface area contributed by atoms with Gasteiger partial charge < -0.3 is 19.8 Å². The van der Waals surface area contributed by atoms with E-state index in [1.165, 1.54) is 4.90 Å². The highest BCUT2D eigenvalue weighted by Gasteiger charge is 2.41. The number of carboxylic acid groups (broad SMARTS) is 1. The Hall–Kier alpha value is -1.14. The molecule has 6 heteroatoms. The number of rotatable bonds is 4. The molecule has 0 aromatic carbocycles. The van der Waals surface area contributed by atoms with Gasteiger partial charge in [0.15, 0.2) is 6.04 Å². The number of hydrogen-bond acceptors (Lipinski definition) is 4. The van der Waals surface area contributed by atoms with E-state index in [1.54, 1.807) is 6.92 Å². The first-order valence-electron chi connectivity index (χ1n) is 6.00. The zero-order valence-electron chi connectivity index (χ0n) is 11.2. The fourth-order valence-corrected chi connectivity index (χ4v) is 2.19. The number of carboxylic acids is 1. The number of β-amino-alcohol motifs (C(OH)–C–C–N with tert-alkyl or cyclic N) is 1. The molecule has 1 rings (SSSR count). The highest BCUT2D eigenvalue weighted by Crippen LogP contribution is 2.21. The van der Waals surface area contributed by atoms with Crippen molar-refractivity contribution in [2.75, 3.05) is 6.54 Å². The number of aliphatic carboxylic acids is 1. The predicted octanol–water partition coefficient (Wildman–Crippen LogP) is 0.236. The summed E-state index contributed by atoms with van der Waals surface area (Å²) in [5, 5.41) is 18.7. The molecule has 1 fully saturated rings. The molecule has 0 aromatic heterocycles. The Morgan fingerprint density at radius 2 is 2.06 bits per heavy atom. The van der Waals surface area contributed by atoms with Crippen LogP contribution in [0.5, 0.6) is 0 Å². The average Bonchev–Trinajstić information content (AvgIpc) is 2.41. The summed E-state index contributed by atoms with van der Waals surface area (Å²) in [6.45, 7) is 7.14. The van der Waals surface area contributed by atoms with Gasteiger partial charge in [0.05, 0.1) is 24.2 Å². The molecule has 0 saturated carbocycles. The molecule has 1 saturated heterocycles. The van der Waals surface area contributed by atoms with E-state index in [0.717, 1.165) is 0 Å². The van der Waals surface area contributed by atoms with E-state index in [9.17, 15) is 19.8 Å². The van der Waals surface area contributed by atoms with Crippen molar-refractivity contribution >= 4 is 11.9 Å². The lowest BCUT2D eigenvalue weighted by atomic mass is 10.1. The SMILES string of the molecule is C[C@H](OC(C)(C)C)[C@H](C(=O)O)N1CC(O)CC1=O. The van der Waals surface area contributed by atoms with Crippen molar-refractivity contribution in [1.29, 1.82) is 0 Å². The van der Waals surface area contributed by atoms with Gasteiger partial charge in [-0.05, 0) is 27.7 Å². The van der Waals surface area contributed by atoms with E-state index in [1.807, 2.05) is 20.8 Å². The molecule has 0 aromatic rings. The van der Waals surface area contributed by atoms with Crippen molar-refractivity contribution in [3.8, 4) is 0 Å². The van der Waals surface area contributed by atoms with Crippen LogP contribution in [0.4, 0.5) is 0 Å². The van der Waals surface area contributed by atoms with Gasteiger partial charge in [-0.25, -0.2) is 4.79 Å². The summed E-state index contributed by atoms with van der Waals surface area (Å²) in [7, 11) is 0. The smallest absolute Gasteiger partial charge is 0.329 e. The Bertz CT molecular complexity index is 336. The number of nitrogens with zero attached hydrogens (tertiary/aromatic N) is 1. The molecule has 18 heavy (non-hydrogen) atoms. The van der Waals surface area contributed by atoms with E-state index >= 15 is 0 Å². The molecule has 6 nitrogen and oxygen atoms in total. The summed E-state index contributed by atoms with van der Waals surface area (Å²) in [5.74, 6) is -1.46. The summed E-state index contributed by atoms with van der Waals surface area (Å²) in [4.78, 5) is 24.1. The average molecular weight is 259 g/mol. The molecule has 0 bridgehead atoms. The van der Waals surface area contributed by atoms with Crippen LogP contribution in [0.2, 0.25) is 0 Å². The van der Waals surface area contributed by atoms with Crippen molar-refractivity contribution in [2.24, 2.45) is 0 Å². The van der Waals surface area contributed by atoms with Gasteiger partial charge in [-0.2, -0.15) is 0 Å². The molecule has 1 amide bonds. The Morgan fingerprint density at radius 1 is 1.50 bits per heavy atom. The summed E-state index contributed by atoms with van der Waals surface area (Å²) in [6.07, 6.45) is -1.45. The van der Waals surface area contributed by atoms with Crippen LogP contribution < -0.4 is 0 Å². The Balaban J connectivity index is 2.83. The topological polar surface area (TPSA) is 87.1 Å². The molecular weight excluding hydrogens is 238 g/mol. The zero-order valence-corrected chi connectivity index (χ0v) is 11.2. The summed E-state index contributed by atoms with van der Waals surface area (Å²) in [5.41, 5.74) is -0.492. The number of likely N-dealkylation sites (tertiary alicyclic amines) is 1. The number of carbonyl (C=O) groups excluding carboxylic acids is 1. The first-order valence-corrected chi connectivity index (χ1v) is 6.00. The summed E-state index contributed by atoms with van der Waals surface area (Å²) < 4.78 is 5.60. The van der Waals surface area contributed by atoms with Gasteiger partial charge in [0, 0.05) is 6.54 Å². The van der Waals surface area contributed by atoms with Gasteiger partial charge in [0.2, 0.25) is 5.91 Å². The standard InChI is InChI=1S/C12H21NO5/c1-7(18-12(2,3)4)10(11(16)17)13-6-8(14)5-9(13)15/h7-8,10,14H,5-6H2,1-4H3,(H,16,17)/t7-,8?,10+/m0/s1. The summed E-state index contributed by atoms with van der Waals surface area (Å²) in [6, 6.07) is -1.06. The van der Waals surface area contributed by atoms with E-state index in [2.05, 4.69) is 0 Å². The monoisotopic (exact) mass is 259 g/mol. The molecular formula is C12H21NO5. The minimum Gasteiger partial charge on any atom is -0.480 e. The minimum atomic E-state index is -1.12. The predicted molar refractivity (Wildman–Crippen MR) is 64.1 cm³/mol. The number of hydrogen-bond donors (Lipinski definition) is 2. The van der Waals surface area contributed by atoms with Gasteiger partial charge in [-0.1, -0.05) is 0 Å². The second kappa shape index (κ2) is 5.24. The molecule has 104 valence electrons. The van der Waals surface area contributed by atoms with Gasteiger partial charge >= 0.3 is 5.97 Å². The van der Waals surface area contributed by atoms with Crippen LogP contribution in [0.25, 0.3) is 0 Å². The highest BCUT2D eigenvalue weighted by molar-refractivity contribution is 5.85. The van der Waals surface area contributed by atoms with Crippen LogP contribution in [-0.4, -0.2) is 57.4 Å². The minimum absolute atomic E-state index is 0.0218. The van der Waals surface area contributed by atoms with Gasteiger partial charge in [-0.15, -0.1) is 0 Å². The Morgan fingerprint density at radius 3 is 2.39 bits per heavy atom. The normalized spacial score (nSPS) is 24.2. The second-order valence-corrected chi connectivity index (χ2v) is 5.62. The number of ether oxygens (including phenoxy) is 1. The maximum absolute atomic E-state index is 11.6. The lowest BCUT2D eigenvalue weighted by Gasteiger charge is -2.33. The van der Waals surface area contributed by atoms with Crippen molar-refractivity contribution < 1.29 is 24.5 Å². The van der Waals surface area contributed by atoms with Crippen LogP contribution in [0.3, 0.4) is 0 Å². The van der Waals surface area contributed by atoms with Crippen LogP contribution in [-0.2, 0) is 14.3 Å². The van der Waals surface area contributed by atoms with E-state index < -0.39 is 29.8 Å². The molecule has 1 unspecified atom stereocenters. The van der Waals surface area contributed by atoms with Gasteiger partial charge in [-0.3, -0.25) is 4.79 Å². The fraction of sp³-hybridized carbons (Fsp3) is 0.833. The highest BCUT2D eigenvalue weighted by atomic mass is 16.5. The zero-order chi connectivity index (χ0) is 14.1. The van der Waals surface area contributed by atoms with Gasteiger partial charge in [0.1, 0.15) is 0 Å². The molecule has 2 N–H and O–H groups in total. The van der Waals surface area contributed by atoms with E-state index in [4.69, 9.17) is 4.74 Å². The van der Waals surface area contributed by atoms with Crippen LogP contribution >= 0.6 is 0 Å². The maximum atomic E-state index is 11.6. The third-order valence-corrected chi connectivity index (χ3v) is 2.71. The molecule has 1 aliphatic heterocycles. The molecule has 1 aliphatic rings. The molecule has 0 spiro atoms. The van der Waals surface area contributed by atoms with E-state index in [-0.39, 0.29) is 18.9 Å². The largest absolute Gasteiger partial charge is 0.480 e. The number of amides is 1. The first kappa shape index (κ1) is 14.9. The lowest BCUT2D eigenvalue weighted by molar-refractivity contribution is -0.160. The maximum Gasteiger partial charge on any atom is 0.329 e. The molecule has 0 aliphatic carbocycles. The fourth-order valence-electron chi connectivity index (χ4n) is 2.19. The lowest BCUT2D eigenvalue weighted by Crippen LogP contribution is -2.51. The van der Waals surface area contributed by atoms with Crippen molar-refractivity contribution in [1.82, 2.24) is 4.90 Å². The number of aliphatic hydroxyl groups is 1. The van der Waals surface area contributed by atoms with Crippen molar-refractivity contribution in [3.63, 3.8) is 0 Å². The van der Waals surface area contributed by atoms with Gasteiger partial charge in [0.25, 0.3) is 0 Å². The van der Waals surface area contributed by atoms with Crippen molar-refractivity contribution in [2.45, 2.75) is 58.0 Å². The number of aliphatic hydroxyl groups excluding tert-OH is 1. The van der Waals surface area contributed by atoms with Crippen LogP contribution in [0.1, 0.15) is 34.1 Å². The quantitative estimate of drug-likeness (QED) is 0.755. The van der Waals surface area contributed by atoms with Crippen LogP contribution in [0.15, 0.2) is 0 Å². The Kier molecular flexibility index (Phi) is 4.34. The third-order valence-electron chi connectivity index (χ3n) is 2.71. The molecule has 0 radical (unpaired) electrons. The third kappa shape index (κ3) is 3.68. The van der Waals surface area contributed by atoms with Crippen molar-refractivity contribution in [3.05, 3.63) is 0 Å².